The lowest BCUT2D eigenvalue weighted by Crippen LogP contribution is -2.06. The highest BCUT2D eigenvalue weighted by atomic mass is 19.4. The maximum Gasteiger partial charge on any atom is 0.416 e. The predicted molar refractivity (Wildman–Crippen MR) is 240 cm³/mol. The molecule has 0 atom stereocenters. The molecule has 0 bridgehead atoms. The summed E-state index contributed by atoms with van der Waals surface area (Å²) in [6.45, 7) is 3.26. The van der Waals surface area contributed by atoms with Gasteiger partial charge in [-0.25, -0.2) is 0 Å². The zero-order chi connectivity index (χ0) is 44.7. The van der Waals surface area contributed by atoms with Gasteiger partial charge >= 0.3 is 12.4 Å². The van der Waals surface area contributed by atoms with Gasteiger partial charge in [0.2, 0.25) is 0 Å². The monoisotopic (exact) mass is 850 g/mol. The van der Waals surface area contributed by atoms with Crippen molar-refractivity contribution in [2.75, 3.05) is 0 Å². The molecule has 0 amide bonds. The van der Waals surface area contributed by atoms with Crippen molar-refractivity contribution in [1.29, 1.82) is 10.5 Å². The zero-order valence-electron chi connectivity index (χ0n) is 34.1. The summed E-state index contributed by atoms with van der Waals surface area (Å²) in [6.07, 6.45) is -9.11. The highest BCUT2D eigenvalue weighted by molar-refractivity contribution is 6.13. The largest absolute Gasteiger partial charge is 0.416 e. The Morgan fingerprint density at radius 1 is 0.391 bits per heavy atom. The quantitative estimate of drug-likeness (QED) is 0.162. The molecule has 0 fully saturated rings. The van der Waals surface area contributed by atoms with E-state index in [-0.39, 0.29) is 5.56 Å². The Morgan fingerprint density at radius 2 is 0.844 bits per heavy atom. The molecular weight excluding hydrogens is 819 g/mol. The molecule has 64 heavy (non-hydrogen) atoms. The van der Waals surface area contributed by atoms with Gasteiger partial charge in [-0.2, -0.15) is 36.9 Å². The van der Waals surface area contributed by atoms with Crippen molar-refractivity contribution in [1.82, 2.24) is 9.13 Å². The van der Waals surface area contributed by atoms with E-state index in [4.69, 9.17) is 0 Å². The summed E-state index contributed by atoms with van der Waals surface area (Å²) in [4.78, 5) is 0. The number of hydrogen-bond acceptors (Lipinski definition) is 2. The standard InChI is InChI=1S/C54H32F6N4/c1-31-18-38(25-40(20-31)53(55,56)57)35-14-16-44-42-10-3-5-12-46(42)63(48(44)27-35)50-23-34(30-62)24-51(52(50)37-9-7-8-33(22-37)29-61)64-47-13-6-4-11-43(47)45-17-15-36(28-49(45)64)39-19-32(2)21-41(26-39)54(58,59)60/h3-28H,1-2H3. The van der Waals surface area contributed by atoms with Gasteiger partial charge in [0.25, 0.3) is 0 Å². The molecule has 0 N–H and O–H groups in total. The second-order valence-electron chi connectivity index (χ2n) is 16.0. The van der Waals surface area contributed by atoms with Crippen LogP contribution in [0.3, 0.4) is 0 Å². The molecule has 10 heteroatoms. The first-order chi connectivity index (χ1) is 30.7. The van der Waals surface area contributed by atoms with Gasteiger partial charge in [-0.1, -0.05) is 84.9 Å². The topological polar surface area (TPSA) is 57.4 Å². The van der Waals surface area contributed by atoms with E-state index in [9.17, 15) is 36.9 Å². The van der Waals surface area contributed by atoms with Gasteiger partial charge in [-0.05, 0) is 126 Å². The molecule has 0 aliphatic heterocycles. The summed E-state index contributed by atoms with van der Waals surface area (Å²) in [7, 11) is 0. The molecule has 10 rings (SSSR count). The number of aromatic nitrogens is 2. The lowest BCUT2D eigenvalue weighted by Gasteiger charge is -2.21. The summed E-state index contributed by atoms with van der Waals surface area (Å²) in [5.41, 5.74) is 7.17. The minimum Gasteiger partial charge on any atom is -0.308 e. The lowest BCUT2D eigenvalue weighted by atomic mass is 9.96. The Balaban J connectivity index is 1.33. The number of halogens is 6. The minimum atomic E-state index is -4.56. The van der Waals surface area contributed by atoms with Crippen molar-refractivity contribution in [2.24, 2.45) is 0 Å². The zero-order valence-corrected chi connectivity index (χ0v) is 34.1. The molecule has 0 radical (unpaired) electrons. The number of nitrogens with zero attached hydrogens (tertiary/aromatic N) is 4. The Labute approximate surface area is 362 Å². The number of hydrogen-bond donors (Lipinski definition) is 0. The van der Waals surface area contributed by atoms with E-state index in [1.54, 1.807) is 56.3 Å². The summed E-state index contributed by atoms with van der Waals surface area (Å²) >= 11 is 0. The number of fused-ring (bicyclic) bond motifs is 6. The Kier molecular flexibility index (Phi) is 9.25. The van der Waals surface area contributed by atoms with Gasteiger partial charge in [0, 0.05) is 27.1 Å². The van der Waals surface area contributed by atoms with E-state index in [1.165, 1.54) is 0 Å². The maximum absolute atomic E-state index is 14.1. The van der Waals surface area contributed by atoms with Gasteiger partial charge in [-0.15, -0.1) is 0 Å². The van der Waals surface area contributed by atoms with Gasteiger partial charge < -0.3 is 9.13 Å². The highest BCUT2D eigenvalue weighted by Gasteiger charge is 2.32. The van der Waals surface area contributed by atoms with Crippen molar-refractivity contribution in [2.45, 2.75) is 26.2 Å². The fourth-order valence-electron chi connectivity index (χ4n) is 9.12. The van der Waals surface area contributed by atoms with Crippen LogP contribution in [0.5, 0.6) is 0 Å². The number of benzene rings is 8. The summed E-state index contributed by atoms with van der Waals surface area (Å²) in [5, 5.41) is 24.3. The average Bonchev–Trinajstić information content (AvgIpc) is 3.79. The molecule has 0 aliphatic rings. The van der Waals surface area contributed by atoms with E-state index in [0.29, 0.717) is 72.5 Å². The first-order valence-corrected chi connectivity index (χ1v) is 20.2. The van der Waals surface area contributed by atoms with Crippen molar-refractivity contribution >= 4 is 43.6 Å². The highest BCUT2D eigenvalue weighted by Crippen LogP contribution is 2.45. The molecule has 0 saturated carbocycles. The first-order valence-electron chi connectivity index (χ1n) is 20.2. The Morgan fingerprint density at radius 3 is 1.30 bits per heavy atom. The molecular formula is C54H32F6N4. The van der Waals surface area contributed by atoms with E-state index in [0.717, 1.165) is 56.8 Å². The third-order valence-corrected chi connectivity index (χ3v) is 11.8. The smallest absolute Gasteiger partial charge is 0.308 e. The van der Waals surface area contributed by atoms with Crippen molar-refractivity contribution < 1.29 is 26.3 Å². The van der Waals surface area contributed by atoms with Crippen molar-refractivity contribution in [3.63, 3.8) is 0 Å². The average molecular weight is 851 g/mol. The molecule has 0 unspecified atom stereocenters. The SMILES string of the molecule is Cc1cc(-c2ccc3c4ccccc4n(-c4cc(C#N)cc(-n5c6ccccc6c6ccc(-c7cc(C)cc(C(F)(F)F)c7)cc65)c4-c4cccc(C#N)c4)c3c2)cc(C(F)(F)F)c1. The molecule has 8 aromatic carbocycles. The molecule has 0 saturated heterocycles. The molecule has 0 aliphatic carbocycles. The van der Waals surface area contributed by atoms with Crippen molar-refractivity contribution in [3.05, 3.63) is 191 Å². The van der Waals surface area contributed by atoms with Crippen LogP contribution in [0.25, 0.3) is 88.4 Å². The Hall–Kier alpha value is -8.08. The third-order valence-electron chi connectivity index (χ3n) is 11.8. The van der Waals surface area contributed by atoms with Crippen LogP contribution in [-0.2, 0) is 12.4 Å². The van der Waals surface area contributed by atoms with Crippen LogP contribution in [0.2, 0.25) is 0 Å². The van der Waals surface area contributed by atoms with Gasteiger partial charge in [0.1, 0.15) is 0 Å². The fourth-order valence-corrected chi connectivity index (χ4v) is 9.12. The second kappa shape index (κ2) is 14.8. The first kappa shape index (κ1) is 40.0. The second-order valence-corrected chi connectivity index (χ2v) is 16.0. The number of para-hydroxylation sites is 2. The fraction of sp³-hybridized carbons (Fsp3) is 0.0741. The van der Waals surface area contributed by atoms with Crippen LogP contribution in [0.4, 0.5) is 26.3 Å². The minimum absolute atomic E-state index is 0.288. The summed E-state index contributed by atoms with van der Waals surface area (Å²) < 4.78 is 88.7. The maximum atomic E-state index is 14.1. The number of aryl methyl sites for hydroxylation is 2. The Bertz CT molecular complexity index is 3450. The number of nitriles is 2. The van der Waals surface area contributed by atoms with Crippen LogP contribution >= 0.6 is 0 Å². The lowest BCUT2D eigenvalue weighted by molar-refractivity contribution is -0.138. The van der Waals surface area contributed by atoms with Gasteiger partial charge in [0.05, 0.1) is 67.8 Å². The van der Waals surface area contributed by atoms with Crippen LogP contribution in [-0.4, -0.2) is 9.13 Å². The van der Waals surface area contributed by atoms with Crippen LogP contribution in [0.1, 0.15) is 33.4 Å². The predicted octanol–water partition coefficient (Wildman–Crippen LogP) is 15.3. The number of alkyl halides is 6. The summed E-state index contributed by atoms with van der Waals surface area (Å²) in [6, 6.07) is 49.8. The van der Waals surface area contributed by atoms with E-state index in [2.05, 4.69) is 12.1 Å². The third kappa shape index (κ3) is 6.72. The molecule has 0 spiro atoms. The van der Waals surface area contributed by atoms with Gasteiger partial charge in [0.15, 0.2) is 0 Å². The molecule has 10 aromatic rings. The normalized spacial score (nSPS) is 12.0. The molecule has 310 valence electrons. The van der Waals surface area contributed by atoms with Crippen molar-refractivity contribution in [3.8, 4) is 56.9 Å². The van der Waals surface area contributed by atoms with E-state index in [1.807, 2.05) is 100 Å². The summed E-state index contributed by atoms with van der Waals surface area (Å²) in [5.74, 6) is 0. The van der Waals surface area contributed by atoms with Crippen LogP contribution in [0, 0.1) is 36.5 Å². The number of rotatable bonds is 5. The molecule has 4 nitrogen and oxygen atoms in total. The van der Waals surface area contributed by atoms with E-state index < -0.39 is 23.5 Å². The van der Waals surface area contributed by atoms with Crippen LogP contribution in [0.15, 0.2) is 158 Å². The van der Waals surface area contributed by atoms with Crippen LogP contribution < -0.4 is 0 Å². The van der Waals surface area contributed by atoms with Gasteiger partial charge in [-0.3, -0.25) is 0 Å². The molecule has 2 heterocycles. The van der Waals surface area contributed by atoms with E-state index >= 15 is 0 Å². The molecule has 2 aromatic heterocycles.